The van der Waals surface area contributed by atoms with E-state index >= 15 is 0 Å². The van der Waals surface area contributed by atoms with Crippen LogP contribution in [0.25, 0.3) is 10.9 Å². The van der Waals surface area contributed by atoms with E-state index in [-0.39, 0.29) is 11.3 Å². The van der Waals surface area contributed by atoms with Gasteiger partial charge in [-0.05, 0) is 36.2 Å². The average Bonchev–Trinajstić information content (AvgIpc) is 2.98. The van der Waals surface area contributed by atoms with E-state index in [2.05, 4.69) is 15.0 Å². The number of nitrogens with one attached hydrogen (secondary N) is 2. The van der Waals surface area contributed by atoms with Gasteiger partial charge < -0.3 is 20.1 Å². The van der Waals surface area contributed by atoms with Crippen LogP contribution in [-0.4, -0.2) is 29.0 Å². The van der Waals surface area contributed by atoms with Crippen molar-refractivity contribution < 1.29 is 27.8 Å². The summed E-state index contributed by atoms with van der Waals surface area (Å²) in [6, 6.07) is 11.0. The number of hydrogen-bond acceptors (Lipinski definition) is 3. The Labute approximate surface area is 146 Å². The molecule has 3 rings (SSSR count). The Bertz CT molecular complexity index is 935. The smallest absolute Gasteiger partial charge is 0.478 e. The number of halogens is 3. The maximum atomic E-state index is 12.3. The zero-order valence-electron chi connectivity index (χ0n) is 13.4. The number of anilines is 1. The fourth-order valence-corrected chi connectivity index (χ4v) is 2.72. The molecule has 3 N–H and O–H groups in total. The topological polar surface area (TPSA) is 74.3 Å². The molecule has 0 radical (unpaired) electrons. The third-order valence-corrected chi connectivity index (χ3v) is 3.84. The zero-order valence-corrected chi connectivity index (χ0v) is 13.4. The van der Waals surface area contributed by atoms with Gasteiger partial charge in [0.1, 0.15) is 5.75 Å². The summed E-state index contributed by atoms with van der Waals surface area (Å²) in [7, 11) is 0. The number of aromatic nitrogens is 1. The lowest BCUT2D eigenvalue weighted by Crippen LogP contribution is -2.18. The number of alkyl halides is 3. The van der Waals surface area contributed by atoms with Crippen molar-refractivity contribution in [2.75, 3.05) is 11.9 Å². The average molecular weight is 364 g/mol. The number of fused-ring (bicyclic) bond motifs is 1. The van der Waals surface area contributed by atoms with Gasteiger partial charge in [-0.3, -0.25) is 0 Å². The predicted octanol–water partition coefficient (Wildman–Crippen LogP) is 4.42. The highest BCUT2D eigenvalue weighted by molar-refractivity contribution is 5.94. The summed E-state index contributed by atoms with van der Waals surface area (Å²) in [6.07, 6.45) is -2.38. The van der Waals surface area contributed by atoms with Crippen LogP contribution in [0.1, 0.15) is 15.9 Å². The Hall–Kier alpha value is -3.16. The van der Waals surface area contributed by atoms with Crippen LogP contribution >= 0.6 is 0 Å². The highest BCUT2D eigenvalue weighted by Gasteiger charge is 2.31. The lowest BCUT2D eigenvalue weighted by Gasteiger charge is -2.13. The van der Waals surface area contributed by atoms with Gasteiger partial charge in [0.15, 0.2) is 0 Å². The van der Waals surface area contributed by atoms with Crippen molar-refractivity contribution in [2.24, 2.45) is 0 Å². The van der Waals surface area contributed by atoms with Gasteiger partial charge in [0.05, 0.1) is 5.56 Å². The Morgan fingerprint density at radius 2 is 1.96 bits per heavy atom. The van der Waals surface area contributed by atoms with Crippen molar-refractivity contribution in [3.8, 4) is 5.75 Å². The molecule has 3 aromatic rings. The standard InChI is InChI=1S/C18H15F3N2O3/c19-18(20,21)26-12-5-6-16(14(9-12)17(24)25)22-8-7-11-10-23-15-4-2-1-3-13(11)15/h1-6,9-10,22-23H,7-8H2,(H,24,25). The van der Waals surface area contributed by atoms with Crippen LogP contribution in [0.2, 0.25) is 0 Å². The first kappa shape index (κ1) is 17.7. The summed E-state index contributed by atoms with van der Waals surface area (Å²) in [5, 5.41) is 13.3. The summed E-state index contributed by atoms with van der Waals surface area (Å²) in [4.78, 5) is 14.5. The van der Waals surface area contributed by atoms with E-state index in [1.165, 1.54) is 6.07 Å². The normalized spacial score (nSPS) is 11.5. The summed E-state index contributed by atoms with van der Waals surface area (Å²) in [6.45, 7) is 0.418. The third kappa shape index (κ3) is 4.08. The number of aromatic amines is 1. The number of carbonyl (C=O) groups is 1. The van der Waals surface area contributed by atoms with Crippen molar-refractivity contribution in [3.63, 3.8) is 0 Å². The van der Waals surface area contributed by atoms with Crippen molar-refractivity contribution in [1.82, 2.24) is 4.98 Å². The largest absolute Gasteiger partial charge is 0.573 e. The van der Waals surface area contributed by atoms with Crippen molar-refractivity contribution in [3.05, 3.63) is 59.8 Å². The number of carboxylic acids is 1. The molecule has 1 heterocycles. The molecule has 0 bridgehead atoms. The van der Waals surface area contributed by atoms with E-state index in [4.69, 9.17) is 0 Å². The molecule has 0 saturated heterocycles. The Morgan fingerprint density at radius 3 is 2.69 bits per heavy atom. The Kier molecular flexibility index (Phi) is 4.75. The van der Waals surface area contributed by atoms with Crippen molar-refractivity contribution in [1.29, 1.82) is 0 Å². The summed E-state index contributed by atoms with van der Waals surface area (Å²) < 4.78 is 40.6. The van der Waals surface area contributed by atoms with E-state index < -0.39 is 18.1 Å². The highest BCUT2D eigenvalue weighted by Crippen LogP contribution is 2.27. The van der Waals surface area contributed by atoms with E-state index in [9.17, 15) is 23.1 Å². The Balaban J connectivity index is 1.72. The predicted molar refractivity (Wildman–Crippen MR) is 90.6 cm³/mol. The van der Waals surface area contributed by atoms with Crippen molar-refractivity contribution >= 4 is 22.6 Å². The maximum absolute atomic E-state index is 12.3. The molecule has 26 heavy (non-hydrogen) atoms. The second kappa shape index (κ2) is 6.99. The number of carboxylic acid groups (broad SMARTS) is 1. The SMILES string of the molecule is O=C(O)c1cc(OC(F)(F)F)ccc1NCCc1c[nH]c2ccccc12. The molecule has 136 valence electrons. The molecular formula is C18H15F3N2O3. The number of ether oxygens (including phenoxy) is 1. The first-order chi connectivity index (χ1) is 12.3. The van der Waals surface area contributed by atoms with Crippen LogP contribution < -0.4 is 10.1 Å². The fourth-order valence-electron chi connectivity index (χ4n) is 2.72. The second-order valence-corrected chi connectivity index (χ2v) is 5.60. The van der Waals surface area contributed by atoms with Gasteiger partial charge in [0, 0.05) is 29.3 Å². The second-order valence-electron chi connectivity index (χ2n) is 5.60. The molecule has 0 aliphatic carbocycles. The monoisotopic (exact) mass is 364 g/mol. The Morgan fingerprint density at radius 1 is 1.19 bits per heavy atom. The number of aromatic carboxylic acids is 1. The summed E-state index contributed by atoms with van der Waals surface area (Å²) in [5.41, 5.74) is 2.00. The number of para-hydroxylation sites is 1. The molecule has 1 aromatic heterocycles. The molecular weight excluding hydrogens is 349 g/mol. The summed E-state index contributed by atoms with van der Waals surface area (Å²) in [5.74, 6) is -1.91. The number of hydrogen-bond donors (Lipinski definition) is 3. The van der Waals surface area contributed by atoms with Crippen LogP contribution in [0.4, 0.5) is 18.9 Å². The molecule has 0 atom stereocenters. The van der Waals surface area contributed by atoms with Crippen molar-refractivity contribution in [2.45, 2.75) is 12.8 Å². The van der Waals surface area contributed by atoms with Crippen LogP contribution in [0.15, 0.2) is 48.7 Å². The van der Waals surface area contributed by atoms with Crippen LogP contribution in [-0.2, 0) is 6.42 Å². The van der Waals surface area contributed by atoms with Crippen LogP contribution in [0.3, 0.4) is 0 Å². The molecule has 5 nitrogen and oxygen atoms in total. The van der Waals surface area contributed by atoms with Gasteiger partial charge in [-0.15, -0.1) is 13.2 Å². The minimum absolute atomic E-state index is 0.229. The number of rotatable bonds is 6. The molecule has 0 fully saturated rings. The third-order valence-electron chi connectivity index (χ3n) is 3.84. The zero-order chi connectivity index (χ0) is 18.7. The molecule has 0 saturated carbocycles. The molecule has 0 aliphatic heterocycles. The molecule has 2 aromatic carbocycles. The number of H-pyrrole nitrogens is 1. The van der Waals surface area contributed by atoms with Gasteiger partial charge in [-0.1, -0.05) is 18.2 Å². The van der Waals surface area contributed by atoms with Gasteiger partial charge >= 0.3 is 12.3 Å². The van der Waals surface area contributed by atoms with Gasteiger partial charge in [-0.25, -0.2) is 4.79 Å². The molecule has 0 unspecified atom stereocenters. The first-order valence-corrected chi connectivity index (χ1v) is 7.75. The lowest BCUT2D eigenvalue weighted by molar-refractivity contribution is -0.274. The highest BCUT2D eigenvalue weighted by atomic mass is 19.4. The maximum Gasteiger partial charge on any atom is 0.573 e. The quantitative estimate of drug-likeness (QED) is 0.605. The van der Waals surface area contributed by atoms with E-state index in [1.807, 2.05) is 30.5 Å². The molecule has 0 aliphatic rings. The van der Waals surface area contributed by atoms with E-state index in [0.717, 1.165) is 28.6 Å². The number of benzene rings is 2. The fraction of sp³-hybridized carbons (Fsp3) is 0.167. The van der Waals surface area contributed by atoms with Gasteiger partial charge in [0.25, 0.3) is 0 Å². The van der Waals surface area contributed by atoms with Gasteiger partial charge in [0.2, 0.25) is 0 Å². The lowest BCUT2D eigenvalue weighted by atomic mass is 10.1. The van der Waals surface area contributed by atoms with Crippen LogP contribution in [0.5, 0.6) is 5.75 Å². The first-order valence-electron chi connectivity index (χ1n) is 7.75. The summed E-state index contributed by atoms with van der Waals surface area (Å²) >= 11 is 0. The van der Waals surface area contributed by atoms with Crippen LogP contribution in [0, 0.1) is 0 Å². The van der Waals surface area contributed by atoms with E-state index in [1.54, 1.807) is 0 Å². The van der Waals surface area contributed by atoms with E-state index in [0.29, 0.717) is 13.0 Å². The minimum atomic E-state index is -4.87. The molecule has 8 heteroatoms. The molecule has 0 amide bonds. The van der Waals surface area contributed by atoms with Gasteiger partial charge in [-0.2, -0.15) is 0 Å². The minimum Gasteiger partial charge on any atom is -0.478 e. The molecule has 0 spiro atoms.